The summed E-state index contributed by atoms with van der Waals surface area (Å²) in [5.41, 5.74) is 1.31. The number of carbonyl (C=O) groups excluding carboxylic acids is 1. The van der Waals surface area contributed by atoms with E-state index in [4.69, 9.17) is 4.74 Å². The molecular formula is C11H11BrO3. The lowest BCUT2D eigenvalue weighted by molar-refractivity contribution is -0.135. The van der Waals surface area contributed by atoms with Gasteiger partial charge in [-0.2, -0.15) is 0 Å². The molecule has 0 fully saturated rings. The second-order valence-corrected chi connectivity index (χ2v) is 3.99. The Labute approximate surface area is 96.5 Å². The van der Waals surface area contributed by atoms with Gasteiger partial charge in [-0.05, 0) is 30.7 Å². The fraction of sp³-hybridized carbons (Fsp3) is 0.182. The van der Waals surface area contributed by atoms with Gasteiger partial charge < -0.3 is 9.84 Å². The highest BCUT2D eigenvalue weighted by Crippen LogP contribution is 2.27. The average molecular weight is 271 g/mol. The van der Waals surface area contributed by atoms with Crippen LogP contribution in [0.25, 0.3) is 5.57 Å². The Morgan fingerprint density at radius 2 is 2.13 bits per heavy atom. The van der Waals surface area contributed by atoms with E-state index in [-0.39, 0.29) is 11.7 Å². The molecule has 0 heterocycles. The van der Waals surface area contributed by atoms with E-state index < -0.39 is 0 Å². The van der Waals surface area contributed by atoms with Crippen molar-refractivity contribution in [3.8, 4) is 5.75 Å². The number of halogens is 1. The monoisotopic (exact) mass is 270 g/mol. The quantitative estimate of drug-likeness (QED) is 0.664. The third-order valence-corrected chi connectivity index (χ3v) is 2.28. The van der Waals surface area contributed by atoms with Gasteiger partial charge in [0.1, 0.15) is 5.75 Å². The summed E-state index contributed by atoms with van der Waals surface area (Å²) in [7, 11) is 0. The maximum atomic E-state index is 10.6. The standard InChI is InChI=1S/C11H11BrO3/c1-7(6-15-8(2)13)10-5-9(12)3-4-11(10)14/h3-6,14H,1-2H3/b7-6+. The summed E-state index contributed by atoms with van der Waals surface area (Å²) in [5.74, 6) is -0.233. The van der Waals surface area contributed by atoms with E-state index in [1.54, 1.807) is 25.1 Å². The lowest BCUT2D eigenvalue weighted by Gasteiger charge is -2.05. The van der Waals surface area contributed by atoms with Crippen molar-refractivity contribution in [1.82, 2.24) is 0 Å². The number of carbonyl (C=O) groups is 1. The summed E-state index contributed by atoms with van der Waals surface area (Å²) in [6.07, 6.45) is 1.32. The predicted molar refractivity (Wildman–Crippen MR) is 61.2 cm³/mol. The molecule has 3 nitrogen and oxygen atoms in total. The molecule has 0 aliphatic carbocycles. The zero-order valence-corrected chi connectivity index (χ0v) is 10.0. The molecule has 0 aromatic heterocycles. The number of phenols is 1. The first-order chi connectivity index (χ1) is 7.00. The van der Waals surface area contributed by atoms with Crippen LogP contribution in [-0.2, 0) is 9.53 Å². The fourth-order valence-electron chi connectivity index (χ4n) is 1.06. The van der Waals surface area contributed by atoms with E-state index in [1.807, 2.05) is 0 Å². The van der Waals surface area contributed by atoms with Gasteiger partial charge in [-0.1, -0.05) is 15.9 Å². The van der Waals surface area contributed by atoms with E-state index in [1.165, 1.54) is 13.2 Å². The van der Waals surface area contributed by atoms with Crippen LogP contribution in [-0.4, -0.2) is 11.1 Å². The molecule has 1 aromatic carbocycles. The molecule has 15 heavy (non-hydrogen) atoms. The van der Waals surface area contributed by atoms with Gasteiger partial charge in [-0.25, -0.2) is 0 Å². The second-order valence-electron chi connectivity index (χ2n) is 3.07. The number of hydrogen-bond donors (Lipinski definition) is 1. The minimum Gasteiger partial charge on any atom is -0.507 e. The van der Waals surface area contributed by atoms with Crippen LogP contribution in [0, 0.1) is 0 Å². The van der Waals surface area contributed by atoms with Crippen LogP contribution in [0.15, 0.2) is 28.9 Å². The van der Waals surface area contributed by atoms with Crippen molar-refractivity contribution in [3.63, 3.8) is 0 Å². The lowest BCUT2D eigenvalue weighted by Crippen LogP contribution is -1.91. The zero-order chi connectivity index (χ0) is 11.4. The number of phenolic OH excluding ortho intramolecular Hbond substituents is 1. The van der Waals surface area contributed by atoms with Gasteiger partial charge in [-0.3, -0.25) is 4.79 Å². The van der Waals surface area contributed by atoms with E-state index in [9.17, 15) is 9.90 Å². The number of hydrogen-bond acceptors (Lipinski definition) is 3. The highest BCUT2D eigenvalue weighted by Gasteiger charge is 2.04. The fourth-order valence-corrected chi connectivity index (χ4v) is 1.42. The number of benzene rings is 1. The average Bonchev–Trinajstić information content (AvgIpc) is 2.18. The molecule has 0 aliphatic heterocycles. The molecule has 0 aliphatic rings. The molecule has 0 spiro atoms. The number of rotatable bonds is 2. The Bertz CT molecular complexity index is 410. The Balaban J connectivity index is 2.99. The Hall–Kier alpha value is -1.29. The summed E-state index contributed by atoms with van der Waals surface area (Å²) in [5, 5.41) is 9.57. The van der Waals surface area contributed by atoms with E-state index in [0.29, 0.717) is 11.1 Å². The molecule has 0 saturated carbocycles. The first kappa shape index (κ1) is 11.8. The van der Waals surface area contributed by atoms with Crippen LogP contribution in [0.2, 0.25) is 0 Å². The number of aromatic hydroxyl groups is 1. The molecule has 1 N–H and O–H groups in total. The molecule has 0 radical (unpaired) electrons. The van der Waals surface area contributed by atoms with Crippen LogP contribution in [0.4, 0.5) is 0 Å². The molecule has 80 valence electrons. The summed E-state index contributed by atoms with van der Waals surface area (Å²) in [4.78, 5) is 10.6. The van der Waals surface area contributed by atoms with E-state index in [2.05, 4.69) is 15.9 Å². The molecule has 1 rings (SSSR count). The zero-order valence-electron chi connectivity index (χ0n) is 8.45. The third-order valence-electron chi connectivity index (χ3n) is 1.79. The lowest BCUT2D eigenvalue weighted by atomic mass is 10.1. The summed E-state index contributed by atoms with van der Waals surface area (Å²) < 4.78 is 5.58. The van der Waals surface area contributed by atoms with Crippen LogP contribution < -0.4 is 0 Å². The predicted octanol–water partition coefficient (Wildman–Crippen LogP) is 3.08. The van der Waals surface area contributed by atoms with Gasteiger partial charge in [0.2, 0.25) is 0 Å². The van der Waals surface area contributed by atoms with Gasteiger partial charge in [-0.15, -0.1) is 0 Å². The SMILES string of the molecule is CC(=O)O/C=C(\C)c1cc(Br)ccc1O. The molecule has 0 bridgehead atoms. The minimum absolute atomic E-state index is 0.152. The Morgan fingerprint density at radius 3 is 2.73 bits per heavy atom. The highest BCUT2D eigenvalue weighted by molar-refractivity contribution is 9.10. The molecule has 1 aromatic rings. The number of ether oxygens (including phenoxy) is 1. The van der Waals surface area contributed by atoms with Crippen molar-refractivity contribution in [2.45, 2.75) is 13.8 Å². The molecule has 0 saturated heterocycles. The van der Waals surface area contributed by atoms with Gasteiger partial charge in [0, 0.05) is 17.0 Å². The first-order valence-electron chi connectivity index (χ1n) is 4.33. The maximum absolute atomic E-state index is 10.6. The van der Waals surface area contributed by atoms with E-state index >= 15 is 0 Å². The Morgan fingerprint density at radius 1 is 1.47 bits per heavy atom. The van der Waals surface area contributed by atoms with Crippen molar-refractivity contribution >= 4 is 27.5 Å². The highest BCUT2D eigenvalue weighted by atomic mass is 79.9. The third kappa shape index (κ3) is 3.40. The maximum Gasteiger partial charge on any atom is 0.307 e. The number of esters is 1. The molecule has 0 amide bonds. The summed E-state index contributed by atoms with van der Waals surface area (Å²) >= 11 is 3.30. The van der Waals surface area contributed by atoms with E-state index in [0.717, 1.165) is 4.47 Å². The smallest absolute Gasteiger partial charge is 0.307 e. The van der Waals surface area contributed by atoms with Crippen LogP contribution in [0.5, 0.6) is 5.75 Å². The van der Waals surface area contributed by atoms with Crippen molar-refractivity contribution in [2.75, 3.05) is 0 Å². The van der Waals surface area contributed by atoms with Gasteiger partial charge in [0.05, 0.1) is 6.26 Å². The van der Waals surface area contributed by atoms with Crippen molar-refractivity contribution in [2.24, 2.45) is 0 Å². The molecule has 4 heteroatoms. The normalized spacial score (nSPS) is 11.3. The largest absolute Gasteiger partial charge is 0.507 e. The van der Waals surface area contributed by atoms with Crippen molar-refractivity contribution < 1.29 is 14.6 Å². The van der Waals surface area contributed by atoms with Gasteiger partial charge >= 0.3 is 5.97 Å². The Kier molecular flexibility index (Phi) is 3.91. The van der Waals surface area contributed by atoms with Crippen molar-refractivity contribution in [3.05, 3.63) is 34.5 Å². The van der Waals surface area contributed by atoms with Crippen LogP contribution in [0.1, 0.15) is 19.4 Å². The van der Waals surface area contributed by atoms with Gasteiger partial charge in [0.15, 0.2) is 0 Å². The topological polar surface area (TPSA) is 46.5 Å². The summed E-state index contributed by atoms with van der Waals surface area (Å²) in [6.45, 7) is 3.08. The molecule has 0 atom stereocenters. The minimum atomic E-state index is -0.385. The van der Waals surface area contributed by atoms with Crippen LogP contribution >= 0.6 is 15.9 Å². The molecule has 0 unspecified atom stereocenters. The summed E-state index contributed by atoms with van der Waals surface area (Å²) in [6, 6.07) is 5.06. The second kappa shape index (κ2) is 4.98. The van der Waals surface area contributed by atoms with Crippen LogP contribution in [0.3, 0.4) is 0 Å². The molecular weight excluding hydrogens is 260 g/mol. The first-order valence-corrected chi connectivity index (χ1v) is 5.13. The van der Waals surface area contributed by atoms with Crippen molar-refractivity contribution in [1.29, 1.82) is 0 Å². The van der Waals surface area contributed by atoms with Gasteiger partial charge in [0.25, 0.3) is 0 Å². The number of allylic oxidation sites excluding steroid dienone is 1.